The summed E-state index contributed by atoms with van der Waals surface area (Å²) < 4.78 is 15.6. The van der Waals surface area contributed by atoms with Gasteiger partial charge in [-0.25, -0.2) is 9.37 Å². The van der Waals surface area contributed by atoms with Crippen molar-refractivity contribution in [3.63, 3.8) is 0 Å². The number of carbonyl (C=O) groups excluding carboxylic acids is 1. The number of hydrogen-bond donors (Lipinski definition) is 1. The summed E-state index contributed by atoms with van der Waals surface area (Å²) in [5, 5.41) is 14.0. The number of rotatable bonds is 6. The molecule has 4 aromatic rings. The van der Waals surface area contributed by atoms with E-state index in [1.54, 1.807) is 30.3 Å². The maximum Gasteiger partial charge on any atom is 0.289 e. The number of para-hydroxylation sites is 2. The first-order valence-electron chi connectivity index (χ1n) is 9.48. The van der Waals surface area contributed by atoms with E-state index in [0.29, 0.717) is 10.9 Å². The normalized spacial score (nSPS) is 10.8. The number of nitrogens with zero attached hydrogens (tertiary/aromatic N) is 3. The number of thioether (sulfide) groups is 1. The van der Waals surface area contributed by atoms with Gasteiger partial charge in [0.15, 0.2) is 5.16 Å². The Kier molecular flexibility index (Phi) is 6.38. The van der Waals surface area contributed by atoms with Crippen molar-refractivity contribution < 1.29 is 14.1 Å². The van der Waals surface area contributed by atoms with Crippen molar-refractivity contribution >= 4 is 51.5 Å². The number of halogens is 2. The van der Waals surface area contributed by atoms with E-state index in [4.69, 9.17) is 11.6 Å². The quantitative estimate of drug-likeness (QED) is 0.182. The molecule has 166 valence electrons. The van der Waals surface area contributed by atoms with Crippen LogP contribution in [0.25, 0.3) is 16.6 Å². The summed E-state index contributed by atoms with van der Waals surface area (Å²) in [6.07, 6.45) is 0. The fraction of sp³-hybridized carbons (Fsp3) is 0.0455. The molecule has 0 aliphatic heterocycles. The lowest BCUT2D eigenvalue weighted by Gasteiger charge is -2.14. The number of fused-ring (bicyclic) bond motifs is 1. The van der Waals surface area contributed by atoms with Crippen LogP contribution in [0.3, 0.4) is 0 Å². The van der Waals surface area contributed by atoms with Crippen LogP contribution in [0.2, 0.25) is 5.02 Å². The first-order valence-corrected chi connectivity index (χ1v) is 10.8. The van der Waals surface area contributed by atoms with Crippen LogP contribution in [0.15, 0.2) is 76.7 Å². The average Bonchev–Trinajstić information content (AvgIpc) is 2.80. The van der Waals surface area contributed by atoms with E-state index in [0.717, 1.165) is 22.4 Å². The van der Waals surface area contributed by atoms with Gasteiger partial charge >= 0.3 is 0 Å². The number of anilines is 1. The van der Waals surface area contributed by atoms with Crippen LogP contribution in [0, 0.1) is 15.9 Å². The second kappa shape index (κ2) is 9.39. The van der Waals surface area contributed by atoms with Gasteiger partial charge in [-0.2, -0.15) is 0 Å². The molecule has 1 heterocycles. The molecule has 0 spiro atoms. The summed E-state index contributed by atoms with van der Waals surface area (Å²) in [7, 11) is 0. The summed E-state index contributed by atoms with van der Waals surface area (Å²) >= 11 is 6.72. The summed E-state index contributed by atoms with van der Waals surface area (Å²) in [6, 6.07) is 16.3. The molecule has 11 heteroatoms. The van der Waals surface area contributed by atoms with Crippen LogP contribution >= 0.6 is 23.4 Å². The molecule has 33 heavy (non-hydrogen) atoms. The molecule has 0 saturated heterocycles. The third-order valence-electron chi connectivity index (χ3n) is 4.60. The monoisotopic (exact) mass is 484 g/mol. The summed E-state index contributed by atoms with van der Waals surface area (Å²) in [5.74, 6) is -1.30. The van der Waals surface area contributed by atoms with Crippen LogP contribution in [0.4, 0.5) is 15.8 Å². The maximum atomic E-state index is 14.5. The summed E-state index contributed by atoms with van der Waals surface area (Å²) in [6.45, 7) is 0. The van der Waals surface area contributed by atoms with Gasteiger partial charge in [-0.15, -0.1) is 0 Å². The minimum atomic E-state index is -0.654. The molecule has 0 radical (unpaired) electrons. The van der Waals surface area contributed by atoms with Crippen molar-refractivity contribution in [3.05, 3.63) is 98.0 Å². The molecule has 0 unspecified atom stereocenters. The number of nitro benzene ring substituents is 1. The summed E-state index contributed by atoms with van der Waals surface area (Å²) in [5.41, 5.74) is -0.202. The van der Waals surface area contributed by atoms with E-state index >= 15 is 0 Å². The molecule has 0 fully saturated rings. The highest BCUT2D eigenvalue weighted by atomic mass is 35.5. The number of carbonyl (C=O) groups is 1. The molecule has 8 nitrogen and oxygen atoms in total. The van der Waals surface area contributed by atoms with Crippen molar-refractivity contribution in [1.82, 2.24) is 9.55 Å². The predicted molar refractivity (Wildman–Crippen MR) is 125 cm³/mol. The largest absolute Gasteiger partial charge is 0.325 e. The second-order valence-corrected chi connectivity index (χ2v) is 8.11. The van der Waals surface area contributed by atoms with Gasteiger partial charge < -0.3 is 5.32 Å². The topological polar surface area (TPSA) is 107 Å². The zero-order valence-electron chi connectivity index (χ0n) is 16.7. The number of amides is 1. The predicted octanol–water partition coefficient (Wildman–Crippen LogP) is 4.82. The molecule has 1 N–H and O–H groups in total. The average molecular weight is 485 g/mol. The van der Waals surface area contributed by atoms with Gasteiger partial charge in [0.25, 0.3) is 11.2 Å². The van der Waals surface area contributed by atoms with E-state index in [9.17, 15) is 24.1 Å². The van der Waals surface area contributed by atoms with E-state index in [-0.39, 0.29) is 33.0 Å². The molecule has 0 saturated carbocycles. The Morgan fingerprint density at radius 1 is 1.15 bits per heavy atom. The maximum absolute atomic E-state index is 14.5. The SMILES string of the molecule is O=C(CSc1nc2ccccc2c(=O)n1-c1ccccc1F)Nc1ccc(Cl)c([N+](=O)[O-])c1. The fourth-order valence-electron chi connectivity index (χ4n) is 3.11. The zero-order valence-corrected chi connectivity index (χ0v) is 18.3. The van der Waals surface area contributed by atoms with E-state index < -0.39 is 22.2 Å². The van der Waals surface area contributed by atoms with E-state index in [1.165, 1.54) is 30.3 Å². The first kappa shape index (κ1) is 22.4. The Bertz CT molecular complexity index is 1460. The lowest BCUT2D eigenvalue weighted by Crippen LogP contribution is -2.23. The van der Waals surface area contributed by atoms with Gasteiger partial charge in [-0.05, 0) is 36.4 Å². The van der Waals surface area contributed by atoms with Gasteiger partial charge in [0, 0.05) is 11.8 Å². The standard InChI is InChI=1S/C22H14ClFN4O4S/c23-15-10-9-13(11-19(15)28(31)32)25-20(29)12-33-22-26-17-7-3-1-5-14(17)21(30)27(22)18-8-4-2-6-16(18)24/h1-11H,12H2,(H,25,29). The Morgan fingerprint density at radius 3 is 2.64 bits per heavy atom. The third kappa shape index (κ3) is 4.71. The highest BCUT2D eigenvalue weighted by Crippen LogP contribution is 2.28. The van der Waals surface area contributed by atoms with Gasteiger partial charge in [-0.1, -0.05) is 47.6 Å². The number of nitrogens with one attached hydrogen (secondary N) is 1. The molecule has 3 aromatic carbocycles. The van der Waals surface area contributed by atoms with Crippen LogP contribution in [0.1, 0.15) is 0 Å². The van der Waals surface area contributed by atoms with E-state index in [1.807, 2.05) is 0 Å². The van der Waals surface area contributed by atoms with Crippen molar-refractivity contribution in [3.8, 4) is 5.69 Å². The minimum Gasteiger partial charge on any atom is -0.325 e. The molecule has 0 atom stereocenters. The number of benzene rings is 3. The van der Waals surface area contributed by atoms with Crippen molar-refractivity contribution in [2.24, 2.45) is 0 Å². The van der Waals surface area contributed by atoms with Crippen molar-refractivity contribution in [2.45, 2.75) is 5.16 Å². The highest BCUT2D eigenvalue weighted by molar-refractivity contribution is 7.99. The second-order valence-electron chi connectivity index (χ2n) is 6.76. The van der Waals surface area contributed by atoms with Crippen molar-refractivity contribution in [1.29, 1.82) is 0 Å². The Hall–Kier alpha value is -3.76. The lowest BCUT2D eigenvalue weighted by atomic mass is 10.2. The third-order valence-corrected chi connectivity index (χ3v) is 5.86. The van der Waals surface area contributed by atoms with Gasteiger partial charge in [0.2, 0.25) is 5.91 Å². The van der Waals surface area contributed by atoms with Crippen LogP contribution in [0.5, 0.6) is 0 Å². The zero-order chi connectivity index (χ0) is 23.5. The number of hydrogen-bond acceptors (Lipinski definition) is 6. The molecule has 4 rings (SSSR count). The van der Waals surface area contributed by atoms with Gasteiger partial charge in [-0.3, -0.25) is 24.3 Å². The Morgan fingerprint density at radius 2 is 1.88 bits per heavy atom. The molecular weight excluding hydrogens is 471 g/mol. The molecule has 1 amide bonds. The van der Waals surface area contributed by atoms with Crippen LogP contribution in [-0.2, 0) is 4.79 Å². The molecular formula is C22H14ClFN4O4S. The molecule has 0 bridgehead atoms. The lowest BCUT2D eigenvalue weighted by molar-refractivity contribution is -0.384. The molecule has 0 aliphatic rings. The van der Waals surface area contributed by atoms with Gasteiger partial charge in [0.1, 0.15) is 10.8 Å². The highest BCUT2D eigenvalue weighted by Gasteiger charge is 2.18. The first-order chi connectivity index (χ1) is 15.8. The van der Waals surface area contributed by atoms with Gasteiger partial charge in [0.05, 0.1) is 27.3 Å². The molecule has 0 aliphatic carbocycles. The Balaban J connectivity index is 1.65. The van der Waals surface area contributed by atoms with E-state index in [2.05, 4.69) is 10.3 Å². The summed E-state index contributed by atoms with van der Waals surface area (Å²) in [4.78, 5) is 40.5. The fourth-order valence-corrected chi connectivity index (χ4v) is 4.10. The smallest absolute Gasteiger partial charge is 0.289 e. The van der Waals surface area contributed by atoms with Crippen LogP contribution < -0.4 is 10.9 Å². The number of nitro groups is 1. The van der Waals surface area contributed by atoms with Crippen molar-refractivity contribution in [2.75, 3.05) is 11.1 Å². The number of aromatic nitrogens is 2. The minimum absolute atomic E-state index is 0.0111. The Labute approximate surface area is 195 Å². The molecule has 1 aromatic heterocycles. The van der Waals surface area contributed by atoms with Crippen LogP contribution in [-0.4, -0.2) is 26.1 Å².